The molecule has 0 heterocycles. The van der Waals surface area contributed by atoms with Crippen molar-refractivity contribution in [2.75, 3.05) is 0 Å². The molecule has 0 atom stereocenters. The SMILES string of the molecule is C/C=C/C/C(C)=C\CC(=O)O. The second-order valence-corrected chi connectivity index (χ2v) is 2.42. The van der Waals surface area contributed by atoms with Crippen molar-refractivity contribution >= 4 is 5.97 Å². The van der Waals surface area contributed by atoms with Crippen LogP contribution in [0.2, 0.25) is 0 Å². The second kappa shape index (κ2) is 5.71. The van der Waals surface area contributed by atoms with Crippen LogP contribution in [0.3, 0.4) is 0 Å². The van der Waals surface area contributed by atoms with Gasteiger partial charge in [-0.1, -0.05) is 23.8 Å². The van der Waals surface area contributed by atoms with Crippen LogP contribution in [0.5, 0.6) is 0 Å². The van der Waals surface area contributed by atoms with E-state index in [2.05, 4.69) is 0 Å². The van der Waals surface area contributed by atoms with Crippen LogP contribution in [-0.2, 0) is 4.79 Å². The summed E-state index contributed by atoms with van der Waals surface area (Å²) in [6.45, 7) is 3.88. The molecule has 0 amide bonds. The topological polar surface area (TPSA) is 37.3 Å². The van der Waals surface area contributed by atoms with Crippen molar-refractivity contribution in [1.82, 2.24) is 0 Å². The number of hydrogen-bond donors (Lipinski definition) is 1. The number of carboxylic acids is 1. The number of carbonyl (C=O) groups is 1. The van der Waals surface area contributed by atoms with Gasteiger partial charge in [-0.15, -0.1) is 0 Å². The molecule has 0 aliphatic heterocycles. The van der Waals surface area contributed by atoms with E-state index in [0.717, 1.165) is 12.0 Å². The minimum atomic E-state index is -0.773. The Kier molecular flexibility index (Phi) is 5.17. The second-order valence-electron chi connectivity index (χ2n) is 2.42. The van der Waals surface area contributed by atoms with E-state index in [-0.39, 0.29) is 6.42 Å². The first-order valence-electron chi connectivity index (χ1n) is 3.65. The van der Waals surface area contributed by atoms with E-state index in [1.807, 2.05) is 26.0 Å². The van der Waals surface area contributed by atoms with Crippen molar-refractivity contribution in [2.45, 2.75) is 26.7 Å². The summed E-state index contributed by atoms with van der Waals surface area (Å²) in [5, 5.41) is 8.33. The van der Waals surface area contributed by atoms with E-state index < -0.39 is 5.97 Å². The molecule has 0 bridgehead atoms. The molecule has 1 N–H and O–H groups in total. The Morgan fingerprint density at radius 3 is 2.55 bits per heavy atom. The Morgan fingerprint density at radius 2 is 2.09 bits per heavy atom. The lowest BCUT2D eigenvalue weighted by molar-refractivity contribution is -0.136. The van der Waals surface area contributed by atoms with Gasteiger partial charge in [0.2, 0.25) is 0 Å². The monoisotopic (exact) mass is 154 g/mol. The summed E-state index contributed by atoms with van der Waals surface area (Å²) in [5.74, 6) is -0.773. The van der Waals surface area contributed by atoms with Gasteiger partial charge in [0, 0.05) is 0 Å². The molecule has 0 spiro atoms. The van der Waals surface area contributed by atoms with Crippen molar-refractivity contribution in [2.24, 2.45) is 0 Å². The maximum atomic E-state index is 10.1. The Hall–Kier alpha value is -1.05. The van der Waals surface area contributed by atoms with Crippen LogP contribution in [0.25, 0.3) is 0 Å². The van der Waals surface area contributed by atoms with Crippen molar-refractivity contribution < 1.29 is 9.90 Å². The molecule has 0 aromatic heterocycles. The van der Waals surface area contributed by atoms with Crippen molar-refractivity contribution in [3.8, 4) is 0 Å². The molecule has 0 saturated carbocycles. The normalized spacial score (nSPS) is 12.4. The molecule has 11 heavy (non-hydrogen) atoms. The van der Waals surface area contributed by atoms with Gasteiger partial charge in [0.25, 0.3) is 0 Å². The predicted octanol–water partition coefficient (Wildman–Crippen LogP) is 2.37. The van der Waals surface area contributed by atoms with E-state index in [0.29, 0.717) is 0 Å². The molecule has 2 heteroatoms. The van der Waals surface area contributed by atoms with Crippen LogP contribution in [0, 0.1) is 0 Å². The van der Waals surface area contributed by atoms with Crippen molar-refractivity contribution in [3.63, 3.8) is 0 Å². The Bertz CT molecular complexity index is 178. The molecule has 0 fully saturated rings. The third-order valence-corrected chi connectivity index (χ3v) is 1.30. The summed E-state index contributed by atoms with van der Waals surface area (Å²) >= 11 is 0. The summed E-state index contributed by atoms with van der Waals surface area (Å²) in [7, 11) is 0. The molecule has 0 rings (SSSR count). The first kappa shape index (κ1) is 9.95. The lowest BCUT2D eigenvalue weighted by Crippen LogP contribution is -1.90. The number of rotatable bonds is 4. The smallest absolute Gasteiger partial charge is 0.307 e. The molecular weight excluding hydrogens is 140 g/mol. The fourth-order valence-corrected chi connectivity index (χ4v) is 0.649. The fraction of sp³-hybridized carbons (Fsp3) is 0.444. The molecule has 62 valence electrons. The number of aliphatic carboxylic acids is 1. The summed E-state index contributed by atoms with van der Waals surface area (Å²) in [4.78, 5) is 10.1. The van der Waals surface area contributed by atoms with Crippen LogP contribution < -0.4 is 0 Å². The van der Waals surface area contributed by atoms with Crippen LogP contribution >= 0.6 is 0 Å². The summed E-state index contributed by atoms with van der Waals surface area (Å²) in [5.41, 5.74) is 1.10. The van der Waals surface area contributed by atoms with E-state index >= 15 is 0 Å². The molecule has 0 unspecified atom stereocenters. The number of allylic oxidation sites excluding steroid dienone is 3. The Balaban J connectivity index is 3.71. The first-order valence-corrected chi connectivity index (χ1v) is 3.65. The quantitative estimate of drug-likeness (QED) is 0.631. The highest BCUT2D eigenvalue weighted by Crippen LogP contribution is 2.01. The minimum Gasteiger partial charge on any atom is -0.481 e. The average molecular weight is 154 g/mol. The fourth-order valence-electron chi connectivity index (χ4n) is 0.649. The maximum Gasteiger partial charge on any atom is 0.307 e. The van der Waals surface area contributed by atoms with Crippen LogP contribution in [0.15, 0.2) is 23.8 Å². The third kappa shape index (κ3) is 6.84. The van der Waals surface area contributed by atoms with Gasteiger partial charge in [-0.25, -0.2) is 0 Å². The van der Waals surface area contributed by atoms with Crippen LogP contribution in [-0.4, -0.2) is 11.1 Å². The highest BCUT2D eigenvalue weighted by molar-refractivity contribution is 5.68. The van der Waals surface area contributed by atoms with Gasteiger partial charge in [-0.3, -0.25) is 4.79 Å². The van der Waals surface area contributed by atoms with Gasteiger partial charge in [0.1, 0.15) is 0 Å². The number of hydrogen-bond acceptors (Lipinski definition) is 1. The average Bonchev–Trinajstić information content (AvgIpc) is 1.97. The first-order chi connectivity index (χ1) is 5.16. The zero-order chi connectivity index (χ0) is 8.69. The van der Waals surface area contributed by atoms with E-state index in [1.165, 1.54) is 0 Å². The van der Waals surface area contributed by atoms with E-state index in [4.69, 9.17) is 5.11 Å². The minimum absolute atomic E-state index is 0.128. The summed E-state index contributed by atoms with van der Waals surface area (Å²) < 4.78 is 0. The van der Waals surface area contributed by atoms with Gasteiger partial charge in [0.05, 0.1) is 6.42 Å². The van der Waals surface area contributed by atoms with Gasteiger partial charge in [0.15, 0.2) is 0 Å². The van der Waals surface area contributed by atoms with Crippen molar-refractivity contribution in [3.05, 3.63) is 23.8 Å². The predicted molar refractivity (Wildman–Crippen MR) is 45.4 cm³/mol. The molecule has 0 aromatic rings. The molecule has 0 aliphatic rings. The molecule has 0 saturated heterocycles. The standard InChI is InChI=1S/C9H14O2/c1-3-4-5-8(2)6-7-9(10)11/h3-4,6H,5,7H2,1-2H3,(H,10,11)/b4-3+,8-6-. The zero-order valence-electron chi connectivity index (χ0n) is 7.00. The zero-order valence-corrected chi connectivity index (χ0v) is 7.00. The van der Waals surface area contributed by atoms with Gasteiger partial charge in [-0.05, 0) is 20.3 Å². The van der Waals surface area contributed by atoms with Gasteiger partial charge >= 0.3 is 5.97 Å². The molecule has 0 aliphatic carbocycles. The van der Waals surface area contributed by atoms with Crippen molar-refractivity contribution in [1.29, 1.82) is 0 Å². The highest BCUT2D eigenvalue weighted by atomic mass is 16.4. The Labute approximate surface area is 67.2 Å². The molecular formula is C9H14O2. The van der Waals surface area contributed by atoms with Crippen LogP contribution in [0.4, 0.5) is 0 Å². The molecule has 0 aromatic carbocycles. The van der Waals surface area contributed by atoms with Crippen LogP contribution in [0.1, 0.15) is 26.7 Å². The van der Waals surface area contributed by atoms with E-state index in [1.54, 1.807) is 6.08 Å². The van der Waals surface area contributed by atoms with E-state index in [9.17, 15) is 4.79 Å². The highest BCUT2D eigenvalue weighted by Gasteiger charge is 1.91. The Morgan fingerprint density at radius 1 is 1.45 bits per heavy atom. The third-order valence-electron chi connectivity index (χ3n) is 1.30. The number of carboxylic acid groups (broad SMARTS) is 1. The van der Waals surface area contributed by atoms with Gasteiger partial charge in [-0.2, -0.15) is 0 Å². The molecule has 0 radical (unpaired) electrons. The summed E-state index contributed by atoms with van der Waals surface area (Å²) in [6.07, 6.45) is 6.68. The lowest BCUT2D eigenvalue weighted by Gasteiger charge is -1.92. The lowest BCUT2D eigenvalue weighted by atomic mass is 10.2. The largest absolute Gasteiger partial charge is 0.481 e. The van der Waals surface area contributed by atoms with Gasteiger partial charge < -0.3 is 5.11 Å². The molecule has 2 nitrogen and oxygen atoms in total. The maximum absolute atomic E-state index is 10.1. The summed E-state index contributed by atoms with van der Waals surface area (Å²) in [6, 6.07) is 0.